The molecule has 0 radical (unpaired) electrons. The molecule has 4 heteroatoms. The molecule has 1 heterocycles. The first-order chi connectivity index (χ1) is 8.93. The minimum atomic E-state index is -0.749. The first-order valence-electron chi connectivity index (χ1n) is 6.57. The summed E-state index contributed by atoms with van der Waals surface area (Å²) >= 11 is 5.00. The Labute approximate surface area is 119 Å². The highest BCUT2D eigenvalue weighted by molar-refractivity contribution is 7.80. The van der Waals surface area contributed by atoms with E-state index < -0.39 is 5.41 Å². The Morgan fingerprint density at radius 2 is 2.00 bits per heavy atom. The highest BCUT2D eigenvalue weighted by Crippen LogP contribution is 2.30. The van der Waals surface area contributed by atoms with Crippen LogP contribution in [0.15, 0.2) is 30.3 Å². The van der Waals surface area contributed by atoms with E-state index >= 15 is 0 Å². The fourth-order valence-electron chi connectivity index (χ4n) is 2.44. The molecule has 3 nitrogen and oxygen atoms in total. The van der Waals surface area contributed by atoms with Crippen LogP contribution in [0, 0.1) is 5.41 Å². The summed E-state index contributed by atoms with van der Waals surface area (Å²) in [6.07, 6.45) is 1.00. The predicted octanol–water partition coefficient (Wildman–Crippen LogP) is 2.31. The van der Waals surface area contributed by atoms with Crippen LogP contribution in [0.5, 0.6) is 0 Å². The van der Waals surface area contributed by atoms with E-state index in [0.29, 0.717) is 5.92 Å². The van der Waals surface area contributed by atoms with E-state index in [9.17, 15) is 4.79 Å². The second-order valence-electron chi connectivity index (χ2n) is 5.64. The number of rotatable bonds is 3. The SMILES string of the molecule is CC(C)(C(=O)N1CCC(c2ccccc2)C1)C(N)=S. The van der Waals surface area contributed by atoms with Gasteiger partial charge in [0, 0.05) is 19.0 Å². The number of thiocarbonyl (C=S) groups is 1. The fourth-order valence-corrected chi connectivity index (χ4v) is 2.53. The maximum Gasteiger partial charge on any atom is 0.235 e. The molecular weight excluding hydrogens is 256 g/mol. The lowest BCUT2D eigenvalue weighted by molar-refractivity contribution is -0.135. The molecule has 1 fully saturated rings. The molecule has 0 spiro atoms. The van der Waals surface area contributed by atoms with Crippen LogP contribution in [0.25, 0.3) is 0 Å². The van der Waals surface area contributed by atoms with Gasteiger partial charge >= 0.3 is 0 Å². The minimum Gasteiger partial charge on any atom is -0.392 e. The van der Waals surface area contributed by atoms with E-state index in [1.165, 1.54) is 5.56 Å². The summed E-state index contributed by atoms with van der Waals surface area (Å²) in [6.45, 7) is 5.14. The highest BCUT2D eigenvalue weighted by atomic mass is 32.1. The summed E-state index contributed by atoms with van der Waals surface area (Å²) in [7, 11) is 0. The molecule has 1 atom stereocenters. The average molecular weight is 276 g/mol. The van der Waals surface area contributed by atoms with Crippen LogP contribution < -0.4 is 5.73 Å². The Bertz CT molecular complexity index is 484. The van der Waals surface area contributed by atoms with Gasteiger partial charge in [0.1, 0.15) is 0 Å². The number of carbonyl (C=O) groups excluding carboxylic acids is 1. The van der Waals surface area contributed by atoms with E-state index in [2.05, 4.69) is 12.1 Å². The number of hydrogen-bond acceptors (Lipinski definition) is 2. The molecule has 0 bridgehead atoms. The molecule has 1 amide bonds. The molecule has 1 aromatic rings. The molecule has 1 saturated heterocycles. The second kappa shape index (κ2) is 5.29. The lowest BCUT2D eigenvalue weighted by Crippen LogP contribution is -2.46. The van der Waals surface area contributed by atoms with Crippen molar-refractivity contribution in [1.82, 2.24) is 4.90 Å². The van der Waals surface area contributed by atoms with Crippen LogP contribution in [0.1, 0.15) is 31.7 Å². The van der Waals surface area contributed by atoms with Crippen molar-refractivity contribution in [2.45, 2.75) is 26.2 Å². The summed E-state index contributed by atoms with van der Waals surface area (Å²) in [5.74, 6) is 0.464. The van der Waals surface area contributed by atoms with Crippen molar-refractivity contribution in [3.8, 4) is 0 Å². The summed E-state index contributed by atoms with van der Waals surface area (Å²) < 4.78 is 0. The van der Waals surface area contributed by atoms with Crippen molar-refractivity contribution in [3.05, 3.63) is 35.9 Å². The average Bonchev–Trinajstić information content (AvgIpc) is 2.88. The molecule has 102 valence electrons. The summed E-state index contributed by atoms with van der Waals surface area (Å²) in [5, 5.41) is 0. The van der Waals surface area contributed by atoms with E-state index in [1.54, 1.807) is 13.8 Å². The third-order valence-corrected chi connectivity index (χ3v) is 4.41. The molecular formula is C15H20N2OS. The van der Waals surface area contributed by atoms with Crippen molar-refractivity contribution in [1.29, 1.82) is 0 Å². The zero-order chi connectivity index (χ0) is 14.0. The standard InChI is InChI=1S/C15H20N2OS/c1-15(2,13(16)19)14(18)17-9-8-12(10-17)11-6-4-3-5-7-11/h3-7,12H,8-10H2,1-2H3,(H2,16,19). The molecule has 1 aliphatic heterocycles. The molecule has 19 heavy (non-hydrogen) atoms. The topological polar surface area (TPSA) is 46.3 Å². The van der Waals surface area contributed by atoms with Gasteiger partial charge in [-0.2, -0.15) is 0 Å². The van der Waals surface area contributed by atoms with Gasteiger partial charge in [-0.15, -0.1) is 0 Å². The van der Waals surface area contributed by atoms with E-state index in [0.717, 1.165) is 19.5 Å². The first kappa shape index (κ1) is 14.0. The van der Waals surface area contributed by atoms with Gasteiger partial charge in [-0.05, 0) is 25.8 Å². The second-order valence-corrected chi connectivity index (χ2v) is 6.08. The zero-order valence-corrected chi connectivity index (χ0v) is 12.2. The van der Waals surface area contributed by atoms with Crippen molar-refractivity contribution in [3.63, 3.8) is 0 Å². The number of benzene rings is 1. The van der Waals surface area contributed by atoms with Gasteiger partial charge in [-0.1, -0.05) is 42.5 Å². The molecule has 1 unspecified atom stereocenters. The highest BCUT2D eigenvalue weighted by Gasteiger charge is 2.38. The summed E-state index contributed by atoms with van der Waals surface area (Å²) in [6, 6.07) is 10.3. The van der Waals surface area contributed by atoms with Crippen LogP contribution >= 0.6 is 12.2 Å². The molecule has 1 aliphatic rings. The van der Waals surface area contributed by atoms with Crippen molar-refractivity contribution in [2.24, 2.45) is 11.1 Å². The number of nitrogens with zero attached hydrogens (tertiary/aromatic N) is 1. The Balaban J connectivity index is 2.07. The number of carbonyl (C=O) groups is 1. The van der Waals surface area contributed by atoms with Gasteiger partial charge in [0.15, 0.2) is 0 Å². The minimum absolute atomic E-state index is 0.0402. The lowest BCUT2D eigenvalue weighted by Gasteiger charge is -2.28. The Morgan fingerprint density at radius 3 is 2.58 bits per heavy atom. The van der Waals surface area contributed by atoms with E-state index in [4.69, 9.17) is 18.0 Å². The van der Waals surface area contributed by atoms with Crippen LogP contribution in [-0.4, -0.2) is 28.9 Å². The molecule has 0 aliphatic carbocycles. The van der Waals surface area contributed by atoms with Crippen LogP contribution in [-0.2, 0) is 4.79 Å². The third kappa shape index (κ3) is 2.78. The van der Waals surface area contributed by atoms with Crippen molar-refractivity contribution in [2.75, 3.05) is 13.1 Å². The number of amides is 1. The molecule has 1 aromatic carbocycles. The molecule has 2 N–H and O–H groups in total. The van der Waals surface area contributed by atoms with Crippen molar-refractivity contribution < 1.29 is 4.79 Å². The summed E-state index contributed by atoms with van der Waals surface area (Å²) in [4.78, 5) is 14.6. The maximum atomic E-state index is 12.4. The van der Waals surface area contributed by atoms with Gasteiger partial charge in [0.2, 0.25) is 5.91 Å². The number of nitrogens with two attached hydrogens (primary N) is 1. The smallest absolute Gasteiger partial charge is 0.235 e. The Morgan fingerprint density at radius 1 is 1.37 bits per heavy atom. The normalized spacial score (nSPS) is 19.5. The van der Waals surface area contributed by atoms with Crippen LogP contribution in [0.2, 0.25) is 0 Å². The first-order valence-corrected chi connectivity index (χ1v) is 6.98. The largest absolute Gasteiger partial charge is 0.392 e. The third-order valence-electron chi connectivity index (χ3n) is 3.90. The quantitative estimate of drug-likeness (QED) is 0.862. The Kier molecular flexibility index (Phi) is 3.90. The van der Waals surface area contributed by atoms with Gasteiger partial charge in [0.05, 0.1) is 10.4 Å². The summed E-state index contributed by atoms with van der Waals surface area (Å²) in [5.41, 5.74) is 6.22. The number of likely N-dealkylation sites (tertiary alicyclic amines) is 1. The molecule has 0 saturated carbocycles. The molecule has 2 rings (SSSR count). The van der Waals surface area contributed by atoms with Crippen LogP contribution in [0.3, 0.4) is 0 Å². The fraction of sp³-hybridized carbons (Fsp3) is 0.467. The van der Waals surface area contributed by atoms with Gasteiger partial charge in [-0.3, -0.25) is 4.79 Å². The van der Waals surface area contributed by atoms with Crippen LogP contribution in [0.4, 0.5) is 0 Å². The van der Waals surface area contributed by atoms with E-state index in [-0.39, 0.29) is 10.9 Å². The van der Waals surface area contributed by atoms with Crippen molar-refractivity contribution >= 4 is 23.1 Å². The Hall–Kier alpha value is -1.42. The monoisotopic (exact) mass is 276 g/mol. The van der Waals surface area contributed by atoms with Gasteiger partial charge in [0.25, 0.3) is 0 Å². The maximum absolute atomic E-state index is 12.4. The van der Waals surface area contributed by atoms with E-state index in [1.807, 2.05) is 23.1 Å². The predicted molar refractivity (Wildman–Crippen MR) is 80.9 cm³/mol. The van der Waals surface area contributed by atoms with Gasteiger partial charge in [-0.25, -0.2) is 0 Å². The van der Waals surface area contributed by atoms with Gasteiger partial charge < -0.3 is 10.6 Å². The molecule has 0 aromatic heterocycles. The lowest BCUT2D eigenvalue weighted by atomic mass is 9.91. The zero-order valence-electron chi connectivity index (χ0n) is 11.4. The number of hydrogen-bond donors (Lipinski definition) is 1.